The SMILES string of the molecule is Cc1cc(C(C)N=CC2=C(C=O)NC=CC2)ccc1CCC(F)F. The molecule has 5 heteroatoms. The van der Waals surface area contributed by atoms with Gasteiger partial charge in [0.15, 0.2) is 6.29 Å². The van der Waals surface area contributed by atoms with Crippen LogP contribution in [0.3, 0.4) is 0 Å². The Labute approximate surface area is 141 Å². The van der Waals surface area contributed by atoms with Crippen LogP contribution in [-0.2, 0) is 11.2 Å². The number of allylic oxidation sites excluding steroid dienone is 3. The van der Waals surface area contributed by atoms with Crippen LogP contribution >= 0.6 is 0 Å². The van der Waals surface area contributed by atoms with Gasteiger partial charge in [0.1, 0.15) is 0 Å². The highest BCUT2D eigenvalue weighted by Gasteiger charge is 2.10. The molecule has 0 amide bonds. The number of carbonyl (C=O) groups is 1. The predicted octanol–water partition coefficient (Wildman–Crippen LogP) is 4.28. The first-order valence-corrected chi connectivity index (χ1v) is 8.02. The van der Waals surface area contributed by atoms with Crippen molar-refractivity contribution in [1.29, 1.82) is 0 Å². The molecule has 0 radical (unpaired) electrons. The number of aldehydes is 1. The number of nitrogens with one attached hydrogen (secondary N) is 1. The maximum Gasteiger partial charge on any atom is 0.239 e. The summed E-state index contributed by atoms with van der Waals surface area (Å²) in [5.74, 6) is 0. The quantitative estimate of drug-likeness (QED) is 0.598. The van der Waals surface area contributed by atoms with Crippen molar-refractivity contribution in [2.45, 2.75) is 45.6 Å². The number of benzene rings is 1. The van der Waals surface area contributed by atoms with E-state index in [-0.39, 0.29) is 12.5 Å². The molecule has 24 heavy (non-hydrogen) atoms. The van der Waals surface area contributed by atoms with Gasteiger partial charge in [0.25, 0.3) is 0 Å². The Bertz CT molecular complexity index is 678. The second-order valence-electron chi connectivity index (χ2n) is 5.88. The van der Waals surface area contributed by atoms with Gasteiger partial charge in [0.05, 0.1) is 11.7 Å². The van der Waals surface area contributed by atoms with Crippen molar-refractivity contribution >= 4 is 12.5 Å². The van der Waals surface area contributed by atoms with Crippen molar-refractivity contribution in [3.8, 4) is 0 Å². The highest BCUT2D eigenvalue weighted by Crippen LogP contribution is 2.22. The van der Waals surface area contributed by atoms with E-state index in [4.69, 9.17) is 0 Å². The van der Waals surface area contributed by atoms with E-state index in [0.29, 0.717) is 18.5 Å². The molecule has 0 aromatic heterocycles. The van der Waals surface area contributed by atoms with Crippen LogP contribution in [0.5, 0.6) is 0 Å². The average molecular weight is 332 g/mol. The number of aryl methyl sites for hydroxylation is 2. The summed E-state index contributed by atoms with van der Waals surface area (Å²) in [6.45, 7) is 3.90. The summed E-state index contributed by atoms with van der Waals surface area (Å²) in [4.78, 5) is 15.5. The first-order valence-electron chi connectivity index (χ1n) is 8.02. The Morgan fingerprint density at radius 3 is 2.83 bits per heavy atom. The third kappa shape index (κ3) is 4.85. The molecule has 1 aromatic carbocycles. The summed E-state index contributed by atoms with van der Waals surface area (Å²) in [5, 5.41) is 2.90. The maximum absolute atomic E-state index is 12.3. The minimum atomic E-state index is -2.27. The van der Waals surface area contributed by atoms with Gasteiger partial charge in [-0.2, -0.15) is 0 Å². The van der Waals surface area contributed by atoms with Crippen LogP contribution < -0.4 is 5.32 Å². The molecule has 128 valence electrons. The zero-order valence-electron chi connectivity index (χ0n) is 13.9. The van der Waals surface area contributed by atoms with E-state index in [2.05, 4.69) is 10.3 Å². The fraction of sp³-hybridized carbons (Fsp3) is 0.368. The van der Waals surface area contributed by atoms with Crippen LogP contribution in [0.4, 0.5) is 8.78 Å². The van der Waals surface area contributed by atoms with E-state index < -0.39 is 6.43 Å². The van der Waals surface area contributed by atoms with Gasteiger partial charge in [-0.25, -0.2) is 8.78 Å². The first-order chi connectivity index (χ1) is 11.5. The topological polar surface area (TPSA) is 41.5 Å². The smallest absolute Gasteiger partial charge is 0.239 e. The monoisotopic (exact) mass is 332 g/mol. The maximum atomic E-state index is 12.3. The molecule has 1 atom stereocenters. The predicted molar refractivity (Wildman–Crippen MR) is 92.4 cm³/mol. The lowest BCUT2D eigenvalue weighted by Gasteiger charge is -2.13. The number of rotatable bonds is 7. The van der Waals surface area contributed by atoms with E-state index >= 15 is 0 Å². The summed E-state index contributed by atoms with van der Waals surface area (Å²) in [5.41, 5.74) is 4.36. The molecular formula is C19H22F2N2O. The molecule has 1 aromatic rings. The summed E-state index contributed by atoms with van der Waals surface area (Å²) < 4.78 is 24.7. The molecule has 2 rings (SSSR count). The van der Waals surface area contributed by atoms with E-state index in [1.165, 1.54) is 0 Å². The lowest BCUT2D eigenvalue weighted by molar-refractivity contribution is -0.105. The average Bonchev–Trinajstić information content (AvgIpc) is 2.58. The molecule has 0 spiro atoms. The lowest BCUT2D eigenvalue weighted by atomic mass is 9.98. The minimum Gasteiger partial charge on any atom is -0.359 e. The highest BCUT2D eigenvalue weighted by molar-refractivity contribution is 5.89. The van der Waals surface area contributed by atoms with E-state index in [9.17, 15) is 13.6 Å². The first kappa shape index (κ1) is 18.0. The largest absolute Gasteiger partial charge is 0.359 e. The third-order valence-electron chi connectivity index (χ3n) is 4.09. The van der Waals surface area contributed by atoms with Crippen molar-refractivity contribution < 1.29 is 13.6 Å². The number of aliphatic imine (C=N–C) groups is 1. The van der Waals surface area contributed by atoms with Crippen LogP contribution in [0.1, 0.15) is 42.5 Å². The van der Waals surface area contributed by atoms with E-state index in [1.807, 2.05) is 38.1 Å². The third-order valence-corrected chi connectivity index (χ3v) is 4.09. The molecule has 1 aliphatic heterocycles. The van der Waals surface area contributed by atoms with Crippen molar-refractivity contribution in [3.63, 3.8) is 0 Å². The van der Waals surface area contributed by atoms with Gasteiger partial charge in [-0.15, -0.1) is 0 Å². The van der Waals surface area contributed by atoms with Crippen molar-refractivity contribution in [2.24, 2.45) is 4.99 Å². The Morgan fingerprint density at radius 2 is 2.17 bits per heavy atom. The van der Waals surface area contributed by atoms with Gasteiger partial charge in [-0.1, -0.05) is 24.3 Å². The molecule has 0 fully saturated rings. The molecule has 0 bridgehead atoms. The Hall–Kier alpha value is -2.30. The normalized spacial score (nSPS) is 15.9. The number of halogens is 2. The molecule has 1 heterocycles. The zero-order valence-corrected chi connectivity index (χ0v) is 13.9. The van der Waals surface area contributed by atoms with Gasteiger partial charge in [-0.3, -0.25) is 9.79 Å². The minimum absolute atomic E-state index is 0.0702. The summed E-state index contributed by atoms with van der Waals surface area (Å²) in [7, 11) is 0. The molecule has 1 unspecified atom stereocenters. The molecule has 0 saturated heterocycles. The van der Waals surface area contributed by atoms with Crippen molar-refractivity contribution in [1.82, 2.24) is 5.32 Å². The molecular weight excluding hydrogens is 310 g/mol. The number of dihydropyridines is 1. The molecule has 0 aliphatic carbocycles. The number of alkyl halides is 2. The van der Waals surface area contributed by atoms with Gasteiger partial charge < -0.3 is 5.32 Å². The standard InChI is InChI=1S/C19H22F2N2O/c1-13-10-16(6-5-15(13)7-8-19(20)21)14(2)23-11-17-4-3-9-22-18(17)12-24/h3,5-6,9-12,14,19,22H,4,7-8H2,1-2H3. The summed E-state index contributed by atoms with van der Waals surface area (Å²) in [6.07, 6.45) is 4.86. The number of nitrogens with zero attached hydrogens (tertiary/aromatic N) is 1. The zero-order chi connectivity index (χ0) is 17.5. The molecule has 3 nitrogen and oxygen atoms in total. The number of hydrogen-bond donors (Lipinski definition) is 1. The van der Waals surface area contributed by atoms with Gasteiger partial charge in [0, 0.05) is 18.2 Å². The van der Waals surface area contributed by atoms with Crippen LogP contribution in [-0.4, -0.2) is 18.9 Å². The van der Waals surface area contributed by atoms with Gasteiger partial charge in [0.2, 0.25) is 6.43 Å². The summed E-state index contributed by atoms with van der Waals surface area (Å²) in [6, 6.07) is 5.76. The van der Waals surface area contributed by atoms with E-state index in [0.717, 1.165) is 28.5 Å². The Kier molecular flexibility index (Phi) is 6.41. The van der Waals surface area contributed by atoms with Crippen LogP contribution in [0, 0.1) is 6.92 Å². The van der Waals surface area contributed by atoms with Crippen LogP contribution in [0.25, 0.3) is 0 Å². The second kappa shape index (κ2) is 8.52. The van der Waals surface area contributed by atoms with Crippen molar-refractivity contribution in [3.05, 3.63) is 58.4 Å². The highest BCUT2D eigenvalue weighted by atomic mass is 19.3. The Morgan fingerprint density at radius 1 is 1.38 bits per heavy atom. The van der Waals surface area contributed by atoms with Gasteiger partial charge >= 0.3 is 0 Å². The lowest BCUT2D eigenvalue weighted by Crippen LogP contribution is -2.13. The van der Waals surface area contributed by atoms with Crippen molar-refractivity contribution in [2.75, 3.05) is 0 Å². The van der Waals surface area contributed by atoms with E-state index in [1.54, 1.807) is 12.4 Å². The second-order valence-corrected chi connectivity index (χ2v) is 5.88. The fourth-order valence-corrected chi connectivity index (χ4v) is 2.58. The number of carbonyl (C=O) groups excluding carboxylic acids is 1. The molecule has 1 N–H and O–H groups in total. The fourth-order valence-electron chi connectivity index (χ4n) is 2.58. The van der Waals surface area contributed by atoms with Crippen LogP contribution in [0.2, 0.25) is 0 Å². The number of hydrogen-bond acceptors (Lipinski definition) is 3. The van der Waals surface area contributed by atoms with Crippen LogP contribution in [0.15, 0.2) is 46.7 Å². The Balaban J connectivity index is 2.08. The summed E-state index contributed by atoms with van der Waals surface area (Å²) >= 11 is 0. The molecule has 1 aliphatic rings. The molecule has 0 saturated carbocycles. The van der Waals surface area contributed by atoms with Gasteiger partial charge in [-0.05, 0) is 49.6 Å².